The second-order valence-electron chi connectivity index (χ2n) is 5.81. The Kier molecular flexibility index (Phi) is 4.80. The van der Waals surface area contributed by atoms with Gasteiger partial charge in [0.25, 0.3) is 0 Å². The van der Waals surface area contributed by atoms with Crippen molar-refractivity contribution in [1.29, 1.82) is 0 Å². The van der Waals surface area contributed by atoms with Gasteiger partial charge in [0.05, 0.1) is 6.04 Å². The lowest BCUT2D eigenvalue weighted by atomic mass is 10.1. The van der Waals surface area contributed by atoms with E-state index >= 15 is 0 Å². The van der Waals surface area contributed by atoms with Crippen LogP contribution < -0.4 is 20.5 Å². The van der Waals surface area contributed by atoms with E-state index < -0.39 is 6.04 Å². The van der Waals surface area contributed by atoms with Crippen LogP contribution in [0.25, 0.3) is 0 Å². The fourth-order valence-corrected chi connectivity index (χ4v) is 2.86. The molecule has 2 aliphatic rings. The van der Waals surface area contributed by atoms with Crippen LogP contribution in [-0.2, 0) is 11.3 Å². The quantitative estimate of drug-likeness (QED) is 0.843. The van der Waals surface area contributed by atoms with Crippen molar-refractivity contribution in [2.45, 2.75) is 31.8 Å². The summed E-state index contributed by atoms with van der Waals surface area (Å²) < 4.78 is 10.6. The average molecular weight is 305 g/mol. The standard InChI is InChI=1S/C16H23N3O3/c17-13(16(20)19-6-2-1-3-7-19)10-18-9-12-4-5-14-15(8-12)22-11-21-14/h4-5,8,13,18H,1-3,6-7,9-11,17H2. The Morgan fingerprint density at radius 2 is 2.00 bits per heavy atom. The predicted molar refractivity (Wildman–Crippen MR) is 82.7 cm³/mol. The Labute approximate surface area is 130 Å². The number of likely N-dealkylation sites (tertiary alicyclic amines) is 1. The largest absolute Gasteiger partial charge is 0.454 e. The van der Waals surface area contributed by atoms with E-state index in [9.17, 15) is 4.79 Å². The molecular formula is C16H23N3O3. The third-order valence-electron chi connectivity index (χ3n) is 4.12. The van der Waals surface area contributed by atoms with E-state index in [1.807, 2.05) is 23.1 Å². The van der Waals surface area contributed by atoms with Crippen molar-refractivity contribution in [2.75, 3.05) is 26.4 Å². The Hall–Kier alpha value is -1.79. The molecule has 2 heterocycles. The van der Waals surface area contributed by atoms with Gasteiger partial charge < -0.3 is 25.4 Å². The van der Waals surface area contributed by atoms with Crippen LogP contribution in [0, 0.1) is 0 Å². The minimum Gasteiger partial charge on any atom is -0.454 e. The molecule has 1 amide bonds. The van der Waals surface area contributed by atoms with Gasteiger partial charge in [0.2, 0.25) is 12.7 Å². The number of ether oxygens (including phenoxy) is 2. The van der Waals surface area contributed by atoms with Gasteiger partial charge >= 0.3 is 0 Å². The Morgan fingerprint density at radius 1 is 1.23 bits per heavy atom. The van der Waals surface area contributed by atoms with Crippen LogP contribution in [0.15, 0.2) is 18.2 Å². The lowest BCUT2D eigenvalue weighted by molar-refractivity contribution is -0.133. The maximum atomic E-state index is 12.2. The number of nitrogens with zero attached hydrogens (tertiary/aromatic N) is 1. The van der Waals surface area contributed by atoms with Gasteiger partial charge in [-0.1, -0.05) is 6.07 Å². The predicted octanol–water partition coefficient (Wildman–Crippen LogP) is 0.845. The van der Waals surface area contributed by atoms with E-state index in [4.69, 9.17) is 15.2 Å². The van der Waals surface area contributed by atoms with Crippen LogP contribution in [0.2, 0.25) is 0 Å². The molecule has 0 bridgehead atoms. The summed E-state index contributed by atoms with van der Waals surface area (Å²) in [4.78, 5) is 14.1. The first-order valence-corrected chi connectivity index (χ1v) is 7.87. The summed E-state index contributed by atoms with van der Waals surface area (Å²) in [5.41, 5.74) is 7.09. The number of piperidine rings is 1. The molecule has 0 aliphatic carbocycles. The van der Waals surface area contributed by atoms with E-state index in [1.54, 1.807) is 0 Å². The van der Waals surface area contributed by atoms with Crippen LogP contribution in [0.4, 0.5) is 0 Å². The van der Waals surface area contributed by atoms with Crippen LogP contribution in [0.5, 0.6) is 11.5 Å². The zero-order valence-electron chi connectivity index (χ0n) is 12.7. The van der Waals surface area contributed by atoms with Crippen LogP contribution in [-0.4, -0.2) is 43.3 Å². The van der Waals surface area contributed by atoms with Gasteiger partial charge in [-0.15, -0.1) is 0 Å². The number of fused-ring (bicyclic) bond motifs is 1. The Bertz CT molecular complexity index is 529. The minimum atomic E-state index is -0.480. The summed E-state index contributed by atoms with van der Waals surface area (Å²) in [6, 6.07) is 5.36. The van der Waals surface area contributed by atoms with Crippen molar-refractivity contribution in [3.05, 3.63) is 23.8 Å². The average Bonchev–Trinajstić information content (AvgIpc) is 3.02. The van der Waals surface area contributed by atoms with Gasteiger partial charge in [0.1, 0.15) is 0 Å². The minimum absolute atomic E-state index is 0.0536. The van der Waals surface area contributed by atoms with Gasteiger partial charge in [-0.2, -0.15) is 0 Å². The molecule has 0 radical (unpaired) electrons. The summed E-state index contributed by atoms with van der Waals surface area (Å²) in [5.74, 6) is 1.60. The zero-order chi connectivity index (χ0) is 15.4. The maximum Gasteiger partial charge on any atom is 0.240 e. The molecule has 6 nitrogen and oxygen atoms in total. The molecule has 1 aromatic rings. The topological polar surface area (TPSA) is 76.8 Å². The van der Waals surface area contributed by atoms with Gasteiger partial charge in [-0.25, -0.2) is 0 Å². The van der Waals surface area contributed by atoms with E-state index in [2.05, 4.69) is 5.32 Å². The summed E-state index contributed by atoms with van der Waals surface area (Å²) in [6.07, 6.45) is 3.38. The third-order valence-corrected chi connectivity index (χ3v) is 4.12. The number of carbonyl (C=O) groups is 1. The van der Waals surface area contributed by atoms with Crippen molar-refractivity contribution >= 4 is 5.91 Å². The number of amides is 1. The highest BCUT2D eigenvalue weighted by Crippen LogP contribution is 2.32. The molecule has 2 aliphatic heterocycles. The summed E-state index contributed by atoms with van der Waals surface area (Å²) in [7, 11) is 0. The summed E-state index contributed by atoms with van der Waals surface area (Å²) in [6.45, 7) is 3.09. The number of nitrogens with two attached hydrogens (primary N) is 1. The molecule has 0 aromatic heterocycles. The van der Waals surface area contributed by atoms with Gasteiger partial charge in [0.15, 0.2) is 11.5 Å². The number of hydrogen-bond acceptors (Lipinski definition) is 5. The second kappa shape index (κ2) is 6.98. The number of benzene rings is 1. The molecule has 0 saturated carbocycles. The highest BCUT2D eigenvalue weighted by molar-refractivity contribution is 5.82. The van der Waals surface area contributed by atoms with Crippen molar-refractivity contribution in [3.8, 4) is 11.5 Å². The molecule has 3 rings (SSSR count). The van der Waals surface area contributed by atoms with Crippen LogP contribution in [0.3, 0.4) is 0 Å². The summed E-state index contributed by atoms with van der Waals surface area (Å²) in [5, 5.41) is 3.24. The highest BCUT2D eigenvalue weighted by atomic mass is 16.7. The van der Waals surface area contributed by atoms with Gasteiger partial charge in [-0.05, 0) is 37.0 Å². The van der Waals surface area contributed by atoms with E-state index in [1.165, 1.54) is 6.42 Å². The Balaban J connectivity index is 1.45. The van der Waals surface area contributed by atoms with Crippen LogP contribution in [0.1, 0.15) is 24.8 Å². The summed E-state index contributed by atoms with van der Waals surface area (Å²) >= 11 is 0. The SMILES string of the molecule is NC(CNCc1ccc2c(c1)OCO2)C(=O)N1CCCCC1. The monoisotopic (exact) mass is 305 g/mol. The molecule has 1 saturated heterocycles. The lowest BCUT2D eigenvalue weighted by Gasteiger charge is -2.29. The normalized spacial score (nSPS) is 18.3. The molecule has 3 N–H and O–H groups in total. The first-order valence-electron chi connectivity index (χ1n) is 7.87. The fourth-order valence-electron chi connectivity index (χ4n) is 2.86. The molecule has 0 spiro atoms. The van der Waals surface area contributed by atoms with Gasteiger partial charge in [-0.3, -0.25) is 4.79 Å². The first-order chi connectivity index (χ1) is 10.7. The second-order valence-corrected chi connectivity index (χ2v) is 5.81. The van der Waals surface area contributed by atoms with Crippen molar-refractivity contribution in [2.24, 2.45) is 5.73 Å². The molecule has 1 unspecified atom stereocenters. The highest BCUT2D eigenvalue weighted by Gasteiger charge is 2.22. The number of nitrogens with one attached hydrogen (secondary N) is 1. The van der Waals surface area contributed by atoms with Crippen molar-refractivity contribution in [3.63, 3.8) is 0 Å². The molecule has 22 heavy (non-hydrogen) atoms. The fraction of sp³-hybridized carbons (Fsp3) is 0.562. The smallest absolute Gasteiger partial charge is 0.240 e. The molecule has 120 valence electrons. The Morgan fingerprint density at radius 3 is 2.82 bits per heavy atom. The lowest BCUT2D eigenvalue weighted by Crippen LogP contribution is -2.50. The van der Waals surface area contributed by atoms with Crippen molar-refractivity contribution in [1.82, 2.24) is 10.2 Å². The van der Waals surface area contributed by atoms with Gasteiger partial charge in [0, 0.05) is 26.2 Å². The number of rotatable bonds is 5. The van der Waals surface area contributed by atoms with E-state index in [-0.39, 0.29) is 12.7 Å². The molecule has 1 aromatic carbocycles. The van der Waals surface area contributed by atoms with Crippen LogP contribution >= 0.6 is 0 Å². The van der Waals surface area contributed by atoms with E-state index in [0.29, 0.717) is 13.1 Å². The number of carbonyl (C=O) groups excluding carboxylic acids is 1. The molecule has 6 heteroatoms. The number of hydrogen-bond donors (Lipinski definition) is 2. The van der Waals surface area contributed by atoms with Crippen molar-refractivity contribution < 1.29 is 14.3 Å². The molecular weight excluding hydrogens is 282 g/mol. The van der Waals surface area contributed by atoms with E-state index in [0.717, 1.165) is 43.0 Å². The zero-order valence-corrected chi connectivity index (χ0v) is 12.7. The maximum absolute atomic E-state index is 12.2. The molecule has 1 fully saturated rings. The third kappa shape index (κ3) is 3.51. The molecule has 1 atom stereocenters. The first kappa shape index (κ1) is 15.1.